The topological polar surface area (TPSA) is 87.8 Å². The summed E-state index contributed by atoms with van der Waals surface area (Å²) < 4.78 is 35.1. The first-order valence-electron chi connectivity index (χ1n) is 5.35. The first kappa shape index (κ1) is 15.7. The second-order valence-corrected chi connectivity index (χ2v) is 5.30. The number of hydrogen-bond donors (Lipinski definition) is 1. The summed E-state index contributed by atoms with van der Waals surface area (Å²) in [5.41, 5.74) is 0. The van der Waals surface area contributed by atoms with Gasteiger partial charge in [-0.15, -0.1) is 0 Å². The van der Waals surface area contributed by atoms with Crippen molar-refractivity contribution in [2.45, 2.75) is 24.4 Å². The van der Waals surface area contributed by atoms with Crippen molar-refractivity contribution < 1.29 is 53.2 Å². The van der Waals surface area contributed by atoms with Crippen molar-refractivity contribution in [3.63, 3.8) is 0 Å². The van der Waals surface area contributed by atoms with E-state index in [-0.39, 0.29) is 42.7 Å². The molecule has 96 valence electrons. The number of likely N-dealkylation sites (tertiary alicyclic amines) is 1. The van der Waals surface area contributed by atoms with Gasteiger partial charge in [0.25, 0.3) is 5.91 Å². The minimum Gasteiger partial charge on any atom is -1.00 e. The van der Waals surface area contributed by atoms with Gasteiger partial charge in [0, 0.05) is 13.1 Å². The number of hydrogen-bond acceptors (Lipinski definition) is 4. The molecular weight excluding hydrogens is 269 g/mol. The minimum atomic E-state index is -4.38. The summed E-state index contributed by atoms with van der Waals surface area (Å²) >= 11 is 0. The van der Waals surface area contributed by atoms with Crippen molar-refractivity contribution in [2.24, 2.45) is 0 Å². The van der Waals surface area contributed by atoms with Gasteiger partial charge in [-0.1, -0.05) is 0 Å². The molecule has 2 rings (SSSR count). The Kier molecular flexibility index (Phi) is 5.42. The summed E-state index contributed by atoms with van der Waals surface area (Å²) in [6, 6.07) is 2.34. The molecule has 0 radical (unpaired) electrons. The number of carbonyl (C=O) groups excluding carboxylic acids is 1. The average Bonchev–Trinajstić information content (AvgIpc) is 2.78. The largest absolute Gasteiger partial charge is 1.00 e. The summed E-state index contributed by atoms with van der Waals surface area (Å²) in [6.45, 7) is 1.31. The molecule has 1 N–H and O–H groups in total. The molecule has 1 aromatic heterocycles. The SMILES string of the molecule is O=C(c1ccc(S(=O)(=O)O)o1)N1CCCCC1.[H-].[Na+]. The summed E-state index contributed by atoms with van der Waals surface area (Å²) in [6.07, 6.45) is 2.98. The Morgan fingerprint density at radius 1 is 1.28 bits per heavy atom. The maximum Gasteiger partial charge on any atom is 1.00 e. The van der Waals surface area contributed by atoms with Gasteiger partial charge in [0.1, 0.15) is 0 Å². The fourth-order valence-corrected chi connectivity index (χ4v) is 2.26. The Hall–Kier alpha value is -0.340. The van der Waals surface area contributed by atoms with Crippen LogP contribution in [0.1, 0.15) is 31.2 Å². The molecule has 0 aliphatic carbocycles. The van der Waals surface area contributed by atoms with Gasteiger partial charge in [-0.05, 0) is 31.4 Å². The Morgan fingerprint density at radius 2 is 1.89 bits per heavy atom. The Bertz CT molecular complexity index is 524. The maximum absolute atomic E-state index is 11.9. The summed E-state index contributed by atoms with van der Waals surface area (Å²) in [5, 5.41) is -0.599. The summed E-state index contributed by atoms with van der Waals surface area (Å²) in [7, 11) is -4.38. The fraction of sp³-hybridized carbons (Fsp3) is 0.500. The quantitative estimate of drug-likeness (QED) is 0.515. The zero-order valence-electron chi connectivity index (χ0n) is 11.1. The van der Waals surface area contributed by atoms with Gasteiger partial charge >= 0.3 is 39.7 Å². The smallest absolute Gasteiger partial charge is 1.00 e. The molecule has 8 heteroatoms. The average molecular weight is 283 g/mol. The third-order valence-corrected chi connectivity index (χ3v) is 3.42. The van der Waals surface area contributed by atoms with Crippen LogP contribution in [0, 0.1) is 0 Å². The van der Waals surface area contributed by atoms with Crippen LogP contribution in [-0.4, -0.2) is 36.9 Å². The number of nitrogens with zero attached hydrogens (tertiary/aromatic N) is 1. The van der Waals surface area contributed by atoms with Crippen LogP contribution >= 0.6 is 0 Å². The minimum absolute atomic E-state index is 0. The second-order valence-electron chi connectivity index (χ2n) is 3.95. The number of furan rings is 1. The van der Waals surface area contributed by atoms with Gasteiger partial charge in [0.05, 0.1) is 0 Å². The van der Waals surface area contributed by atoms with E-state index < -0.39 is 15.2 Å². The van der Waals surface area contributed by atoms with E-state index >= 15 is 0 Å². The van der Waals surface area contributed by atoms with E-state index in [1.165, 1.54) is 6.07 Å². The predicted octanol–water partition coefficient (Wildman–Crippen LogP) is -1.73. The molecule has 18 heavy (non-hydrogen) atoms. The van der Waals surface area contributed by atoms with Crippen LogP contribution < -0.4 is 29.6 Å². The molecule has 1 aliphatic rings. The molecule has 0 aromatic carbocycles. The molecule has 0 unspecified atom stereocenters. The van der Waals surface area contributed by atoms with Crippen molar-refractivity contribution in [1.29, 1.82) is 0 Å². The van der Waals surface area contributed by atoms with E-state index in [2.05, 4.69) is 0 Å². The zero-order chi connectivity index (χ0) is 12.5. The van der Waals surface area contributed by atoms with E-state index in [4.69, 9.17) is 8.97 Å². The zero-order valence-corrected chi connectivity index (χ0v) is 12.9. The second kappa shape index (κ2) is 6.21. The van der Waals surface area contributed by atoms with Crippen LogP contribution in [0.5, 0.6) is 0 Å². The van der Waals surface area contributed by atoms with Gasteiger partial charge in [0.15, 0.2) is 5.76 Å². The third kappa shape index (κ3) is 3.58. The van der Waals surface area contributed by atoms with Gasteiger partial charge < -0.3 is 10.7 Å². The standard InChI is InChI=1S/C10H13NO5S.Na.H/c12-10(11-6-2-1-3-7-11)8-4-5-9(16-8)17(13,14)15;;/h4-5H,1-3,6-7H2,(H,13,14,15);;/q;+1;-1. The van der Waals surface area contributed by atoms with Crippen molar-refractivity contribution in [2.75, 3.05) is 13.1 Å². The number of piperidine rings is 1. The Labute approximate surface area is 129 Å². The van der Waals surface area contributed by atoms with Crippen molar-refractivity contribution >= 4 is 16.0 Å². The van der Waals surface area contributed by atoms with Gasteiger partial charge in [0.2, 0.25) is 5.09 Å². The molecule has 0 saturated carbocycles. The van der Waals surface area contributed by atoms with E-state index in [9.17, 15) is 13.2 Å². The molecule has 1 amide bonds. The van der Waals surface area contributed by atoms with E-state index in [1.807, 2.05) is 0 Å². The van der Waals surface area contributed by atoms with Crippen LogP contribution in [0.3, 0.4) is 0 Å². The van der Waals surface area contributed by atoms with E-state index in [0.717, 1.165) is 25.3 Å². The van der Waals surface area contributed by atoms with Crippen molar-refractivity contribution in [1.82, 2.24) is 4.90 Å². The maximum atomic E-state index is 11.9. The summed E-state index contributed by atoms with van der Waals surface area (Å²) in [4.78, 5) is 13.5. The third-order valence-electron chi connectivity index (χ3n) is 2.69. The molecule has 1 fully saturated rings. The van der Waals surface area contributed by atoms with Crippen LogP contribution in [-0.2, 0) is 10.1 Å². The molecule has 1 saturated heterocycles. The van der Waals surface area contributed by atoms with Crippen LogP contribution in [0.15, 0.2) is 21.6 Å². The van der Waals surface area contributed by atoms with Crippen LogP contribution in [0.2, 0.25) is 0 Å². The molecule has 1 aliphatic heterocycles. The van der Waals surface area contributed by atoms with Crippen LogP contribution in [0.25, 0.3) is 0 Å². The van der Waals surface area contributed by atoms with Gasteiger partial charge in [-0.3, -0.25) is 9.35 Å². The normalized spacial score (nSPS) is 16.2. The molecule has 6 nitrogen and oxygen atoms in total. The van der Waals surface area contributed by atoms with Crippen molar-refractivity contribution in [3.05, 3.63) is 17.9 Å². The molecular formula is C10H14NNaO5S. The summed E-state index contributed by atoms with van der Waals surface area (Å²) in [5.74, 6) is -0.390. The predicted molar refractivity (Wildman–Crippen MR) is 59.4 cm³/mol. The fourth-order valence-electron chi connectivity index (χ4n) is 1.83. The van der Waals surface area contributed by atoms with E-state index in [1.54, 1.807) is 4.90 Å². The molecule has 0 spiro atoms. The molecule has 0 atom stereocenters. The molecule has 2 heterocycles. The molecule has 0 bridgehead atoms. The number of carbonyl (C=O) groups is 1. The van der Waals surface area contributed by atoms with E-state index in [0.29, 0.717) is 13.1 Å². The van der Waals surface area contributed by atoms with Gasteiger partial charge in [-0.2, -0.15) is 8.42 Å². The Balaban J connectivity index is 0.00000162. The first-order valence-corrected chi connectivity index (χ1v) is 6.79. The number of rotatable bonds is 2. The van der Waals surface area contributed by atoms with Gasteiger partial charge in [-0.25, -0.2) is 0 Å². The monoisotopic (exact) mass is 283 g/mol. The first-order chi connectivity index (χ1) is 7.98. The van der Waals surface area contributed by atoms with Crippen LogP contribution in [0.4, 0.5) is 0 Å². The Morgan fingerprint density at radius 3 is 2.39 bits per heavy atom. The van der Waals surface area contributed by atoms with Crippen molar-refractivity contribution in [3.8, 4) is 0 Å². The number of amides is 1. The molecule has 1 aromatic rings.